The van der Waals surface area contributed by atoms with Crippen LogP contribution >= 0.6 is 12.4 Å². The third-order valence-corrected chi connectivity index (χ3v) is 3.41. The number of amides is 1. The monoisotopic (exact) mass is 322 g/mol. The highest BCUT2D eigenvalue weighted by molar-refractivity contribution is 5.94. The van der Waals surface area contributed by atoms with Gasteiger partial charge in [-0.1, -0.05) is 6.07 Å². The molecule has 2 rings (SSSR count). The molecule has 0 aromatic heterocycles. The number of carbonyl (C=O) groups excluding carboxylic acids is 1. The fourth-order valence-electron chi connectivity index (χ4n) is 2.37. The van der Waals surface area contributed by atoms with Gasteiger partial charge in [0.15, 0.2) is 0 Å². The van der Waals surface area contributed by atoms with E-state index in [2.05, 4.69) is 10.6 Å². The van der Waals surface area contributed by atoms with Gasteiger partial charge in [-0.3, -0.25) is 4.79 Å². The van der Waals surface area contributed by atoms with Gasteiger partial charge in [-0.2, -0.15) is 13.2 Å². The zero-order valence-electron chi connectivity index (χ0n) is 11.5. The van der Waals surface area contributed by atoms with Crippen LogP contribution < -0.4 is 10.6 Å². The molecule has 1 aliphatic rings. The summed E-state index contributed by atoms with van der Waals surface area (Å²) >= 11 is 0. The van der Waals surface area contributed by atoms with Crippen molar-refractivity contribution in [1.82, 2.24) is 10.6 Å². The summed E-state index contributed by atoms with van der Waals surface area (Å²) in [6.45, 7) is 2.82. The van der Waals surface area contributed by atoms with E-state index in [1.165, 1.54) is 12.1 Å². The molecule has 1 amide bonds. The number of rotatable bonds is 2. The molecule has 2 unspecified atom stereocenters. The molecule has 0 aliphatic carbocycles. The molecule has 1 aromatic carbocycles. The Hall–Kier alpha value is -1.27. The van der Waals surface area contributed by atoms with Crippen LogP contribution in [0.1, 0.15) is 35.7 Å². The molecule has 3 nitrogen and oxygen atoms in total. The molecule has 118 valence electrons. The summed E-state index contributed by atoms with van der Waals surface area (Å²) < 4.78 is 37.8. The number of alkyl halides is 3. The largest absolute Gasteiger partial charge is 0.416 e. The van der Waals surface area contributed by atoms with Gasteiger partial charge in [0.1, 0.15) is 0 Å². The molecule has 1 fully saturated rings. The Balaban J connectivity index is 0.00000220. The number of halogens is 4. The molecule has 0 spiro atoms. The summed E-state index contributed by atoms with van der Waals surface area (Å²) in [5, 5.41) is 6.05. The van der Waals surface area contributed by atoms with Gasteiger partial charge in [-0.25, -0.2) is 0 Å². The van der Waals surface area contributed by atoms with Gasteiger partial charge in [-0.05, 0) is 44.5 Å². The fourth-order valence-corrected chi connectivity index (χ4v) is 2.37. The maximum absolute atomic E-state index is 12.6. The Labute approximate surface area is 127 Å². The Morgan fingerprint density at radius 1 is 1.38 bits per heavy atom. The summed E-state index contributed by atoms with van der Waals surface area (Å²) in [4.78, 5) is 12.0. The molecule has 2 N–H and O–H groups in total. The van der Waals surface area contributed by atoms with Crippen molar-refractivity contribution in [2.45, 2.75) is 38.0 Å². The highest BCUT2D eigenvalue weighted by atomic mass is 35.5. The fraction of sp³-hybridized carbons (Fsp3) is 0.500. The number of hydrogen-bond acceptors (Lipinski definition) is 2. The van der Waals surface area contributed by atoms with Gasteiger partial charge < -0.3 is 10.6 Å². The van der Waals surface area contributed by atoms with E-state index in [4.69, 9.17) is 0 Å². The lowest BCUT2D eigenvalue weighted by Crippen LogP contribution is -2.46. The second-order valence-corrected chi connectivity index (χ2v) is 5.13. The Morgan fingerprint density at radius 2 is 2.10 bits per heavy atom. The van der Waals surface area contributed by atoms with E-state index in [1.807, 2.05) is 6.92 Å². The van der Waals surface area contributed by atoms with Crippen LogP contribution in [0.5, 0.6) is 0 Å². The molecule has 7 heteroatoms. The highest BCUT2D eigenvalue weighted by Gasteiger charge is 2.31. The highest BCUT2D eigenvalue weighted by Crippen LogP contribution is 2.29. The van der Waals surface area contributed by atoms with Crippen molar-refractivity contribution in [3.05, 3.63) is 35.4 Å². The zero-order valence-corrected chi connectivity index (χ0v) is 12.4. The maximum atomic E-state index is 12.6. The zero-order chi connectivity index (χ0) is 14.8. The van der Waals surface area contributed by atoms with Gasteiger partial charge in [0, 0.05) is 17.6 Å². The normalized spacial score (nSPS) is 22.3. The van der Waals surface area contributed by atoms with Crippen LogP contribution in [-0.2, 0) is 6.18 Å². The molecule has 1 aliphatic heterocycles. The van der Waals surface area contributed by atoms with E-state index in [1.54, 1.807) is 0 Å². The van der Waals surface area contributed by atoms with Gasteiger partial charge in [0.2, 0.25) is 0 Å². The molecule has 0 bridgehead atoms. The number of nitrogens with one attached hydrogen (secondary N) is 2. The molecule has 0 saturated carbocycles. The standard InChI is InChI=1S/C14H17F3N2O.ClH/c1-9-7-12(5-6-18-9)19-13(20)10-3-2-4-11(8-10)14(15,16)17;/h2-4,8-9,12,18H,5-7H2,1H3,(H,19,20);1H. The molecule has 2 atom stereocenters. The van der Waals surface area contributed by atoms with Crippen LogP contribution in [0, 0.1) is 0 Å². The molecular weight excluding hydrogens is 305 g/mol. The van der Waals surface area contributed by atoms with E-state index < -0.39 is 17.6 Å². The number of piperidine rings is 1. The molecule has 21 heavy (non-hydrogen) atoms. The van der Waals surface area contributed by atoms with Crippen molar-refractivity contribution in [3.8, 4) is 0 Å². The lowest BCUT2D eigenvalue weighted by atomic mass is 10.00. The molecule has 1 heterocycles. The van der Waals surface area contributed by atoms with Crippen LogP contribution in [0.4, 0.5) is 13.2 Å². The maximum Gasteiger partial charge on any atom is 0.416 e. The molecule has 0 radical (unpaired) electrons. The van der Waals surface area contributed by atoms with Crippen molar-refractivity contribution in [2.24, 2.45) is 0 Å². The predicted molar refractivity (Wildman–Crippen MR) is 76.6 cm³/mol. The second kappa shape index (κ2) is 7.13. The van der Waals surface area contributed by atoms with E-state index >= 15 is 0 Å². The number of benzene rings is 1. The van der Waals surface area contributed by atoms with Crippen LogP contribution in [0.15, 0.2) is 24.3 Å². The minimum absolute atomic E-state index is 0. The SMILES string of the molecule is CC1CC(NC(=O)c2cccc(C(F)(F)F)c2)CCN1.Cl. The van der Waals surface area contributed by atoms with Gasteiger partial charge in [0.05, 0.1) is 5.56 Å². The van der Waals surface area contributed by atoms with Crippen LogP contribution in [0.3, 0.4) is 0 Å². The van der Waals surface area contributed by atoms with Gasteiger partial charge in [0.25, 0.3) is 5.91 Å². The summed E-state index contributed by atoms with van der Waals surface area (Å²) in [5.41, 5.74) is -0.755. The molecule has 1 saturated heterocycles. The minimum atomic E-state index is -4.43. The molecule has 1 aromatic rings. The smallest absolute Gasteiger partial charge is 0.349 e. The van der Waals surface area contributed by atoms with E-state index in [9.17, 15) is 18.0 Å². The van der Waals surface area contributed by atoms with E-state index in [-0.39, 0.29) is 24.0 Å². The van der Waals surface area contributed by atoms with Crippen molar-refractivity contribution in [2.75, 3.05) is 6.54 Å². The minimum Gasteiger partial charge on any atom is -0.349 e. The number of hydrogen-bond donors (Lipinski definition) is 2. The van der Waals surface area contributed by atoms with Crippen molar-refractivity contribution in [3.63, 3.8) is 0 Å². The topological polar surface area (TPSA) is 41.1 Å². The molecular formula is C14H18ClF3N2O. The van der Waals surface area contributed by atoms with Crippen LogP contribution in [0.2, 0.25) is 0 Å². The van der Waals surface area contributed by atoms with Crippen molar-refractivity contribution in [1.29, 1.82) is 0 Å². The van der Waals surface area contributed by atoms with E-state index in [0.717, 1.165) is 31.5 Å². The summed E-state index contributed by atoms with van der Waals surface area (Å²) in [6.07, 6.45) is -2.86. The Kier molecular flexibility index (Phi) is 6.04. The number of carbonyl (C=O) groups is 1. The van der Waals surface area contributed by atoms with Gasteiger partial charge >= 0.3 is 6.18 Å². The first-order valence-corrected chi connectivity index (χ1v) is 6.58. The predicted octanol–water partition coefficient (Wildman–Crippen LogP) is 3.00. The summed E-state index contributed by atoms with van der Waals surface area (Å²) in [6, 6.07) is 4.81. The first kappa shape index (κ1) is 17.8. The average Bonchev–Trinajstić information content (AvgIpc) is 2.38. The first-order valence-electron chi connectivity index (χ1n) is 6.58. The first-order chi connectivity index (χ1) is 9.36. The second-order valence-electron chi connectivity index (χ2n) is 5.13. The average molecular weight is 323 g/mol. The summed E-state index contributed by atoms with van der Waals surface area (Å²) in [7, 11) is 0. The Bertz CT molecular complexity index is 493. The van der Waals surface area contributed by atoms with Crippen LogP contribution in [0.25, 0.3) is 0 Å². The quantitative estimate of drug-likeness (QED) is 0.879. The summed E-state index contributed by atoms with van der Waals surface area (Å²) in [5.74, 6) is -0.449. The third kappa shape index (κ3) is 4.89. The van der Waals surface area contributed by atoms with Crippen molar-refractivity contribution < 1.29 is 18.0 Å². The van der Waals surface area contributed by atoms with Gasteiger partial charge in [-0.15, -0.1) is 12.4 Å². The Morgan fingerprint density at radius 3 is 2.71 bits per heavy atom. The third-order valence-electron chi connectivity index (χ3n) is 3.41. The van der Waals surface area contributed by atoms with Crippen molar-refractivity contribution >= 4 is 18.3 Å². The van der Waals surface area contributed by atoms with E-state index in [0.29, 0.717) is 6.04 Å². The lowest BCUT2D eigenvalue weighted by Gasteiger charge is -2.28. The van der Waals surface area contributed by atoms with Crippen LogP contribution in [-0.4, -0.2) is 24.5 Å². The lowest BCUT2D eigenvalue weighted by molar-refractivity contribution is -0.137.